The Balaban J connectivity index is 2.42. The molecule has 3 N–H and O–H groups in total. The number of nitrogens with one attached hydrogen (secondary N) is 1. The number of aromatic hydroxyl groups is 2. The minimum atomic E-state index is 0.139. The van der Waals surface area contributed by atoms with Crippen molar-refractivity contribution in [1.29, 1.82) is 0 Å². The maximum atomic E-state index is 10.3. The van der Waals surface area contributed by atoms with E-state index < -0.39 is 0 Å². The summed E-state index contributed by atoms with van der Waals surface area (Å²) in [5, 5.41) is 28.1. The first-order chi connectivity index (χ1) is 9.11. The van der Waals surface area contributed by atoms with Gasteiger partial charge in [-0.05, 0) is 25.0 Å². The van der Waals surface area contributed by atoms with E-state index >= 15 is 0 Å². The topological polar surface area (TPSA) is 69.1 Å². The van der Waals surface area contributed by atoms with E-state index in [0.29, 0.717) is 27.7 Å². The fourth-order valence-electron chi connectivity index (χ4n) is 2.28. The summed E-state index contributed by atoms with van der Waals surface area (Å²) in [5.41, 5.74) is 3.34. The number of nitrogens with zero attached hydrogens (tertiary/aromatic N) is 1. The van der Waals surface area contributed by atoms with E-state index in [4.69, 9.17) is 0 Å². The minimum Gasteiger partial charge on any atom is -0.507 e. The molecule has 4 nitrogen and oxygen atoms in total. The molecule has 1 heterocycles. The van der Waals surface area contributed by atoms with Gasteiger partial charge in [0.1, 0.15) is 22.7 Å². The Morgan fingerprint density at radius 3 is 2.26 bits per heavy atom. The summed E-state index contributed by atoms with van der Waals surface area (Å²) in [7, 11) is 0. The maximum Gasteiger partial charge on any atom is 0.144 e. The van der Waals surface area contributed by atoms with Crippen LogP contribution >= 0.6 is 0 Å². The third kappa shape index (κ3) is 1.57. The number of H-pyrrole nitrogens is 1. The molecule has 0 aliphatic rings. The molecule has 4 heteroatoms. The molecule has 0 atom stereocenters. The molecule has 19 heavy (non-hydrogen) atoms. The Morgan fingerprint density at radius 1 is 0.947 bits per heavy atom. The number of aromatic amines is 1. The summed E-state index contributed by atoms with van der Waals surface area (Å²) in [5.74, 6) is 0.304. The fourth-order valence-corrected chi connectivity index (χ4v) is 2.28. The number of phenols is 2. The molecule has 0 bridgehead atoms. The lowest BCUT2D eigenvalue weighted by atomic mass is 10.0. The third-order valence-corrected chi connectivity index (χ3v) is 3.56. The van der Waals surface area contributed by atoms with Gasteiger partial charge >= 0.3 is 0 Å². The van der Waals surface area contributed by atoms with Crippen LogP contribution in [0.5, 0.6) is 11.5 Å². The van der Waals surface area contributed by atoms with Crippen molar-refractivity contribution >= 4 is 10.9 Å². The van der Waals surface area contributed by atoms with Crippen LogP contribution < -0.4 is 0 Å². The maximum absolute atomic E-state index is 10.3. The van der Waals surface area contributed by atoms with Crippen molar-refractivity contribution in [1.82, 2.24) is 10.2 Å². The van der Waals surface area contributed by atoms with Crippen LogP contribution in [-0.2, 0) is 0 Å². The Hall–Kier alpha value is -2.49. The normalized spacial score (nSPS) is 11.1. The molecule has 0 radical (unpaired) electrons. The first-order valence-electron chi connectivity index (χ1n) is 6.06. The van der Waals surface area contributed by atoms with Crippen LogP contribution in [0.3, 0.4) is 0 Å². The zero-order valence-corrected chi connectivity index (χ0v) is 10.7. The quantitative estimate of drug-likeness (QED) is 0.584. The van der Waals surface area contributed by atoms with Gasteiger partial charge in [-0.1, -0.05) is 30.3 Å². The summed E-state index contributed by atoms with van der Waals surface area (Å²) in [6, 6.07) is 9.58. The Morgan fingerprint density at radius 2 is 1.58 bits per heavy atom. The smallest absolute Gasteiger partial charge is 0.144 e. The molecule has 0 aliphatic heterocycles. The molecule has 3 rings (SSSR count). The van der Waals surface area contributed by atoms with Gasteiger partial charge < -0.3 is 10.2 Å². The van der Waals surface area contributed by atoms with Crippen molar-refractivity contribution in [2.75, 3.05) is 0 Å². The van der Waals surface area contributed by atoms with Crippen molar-refractivity contribution in [3.8, 4) is 22.8 Å². The average molecular weight is 254 g/mol. The van der Waals surface area contributed by atoms with Gasteiger partial charge in [0.2, 0.25) is 0 Å². The average Bonchev–Trinajstić information content (AvgIpc) is 2.88. The largest absolute Gasteiger partial charge is 0.507 e. The van der Waals surface area contributed by atoms with E-state index in [0.717, 1.165) is 5.56 Å². The van der Waals surface area contributed by atoms with Crippen LogP contribution in [0.25, 0.3) is 22.2 Å². The highest BCUT2D eigenvalue weighted by atomic mass is 16.3. The number of phenolic OH excluding ortho intramolecular Hbond substituents is 2. The van der Waals surface area contributed by atoms with Crippen LogP contribution in [0.15, 0.2) is 30.3 Å². The highest BCUT2D eigenvalue weighted by molar-refractivity contribution is 6.02. The van der Waals surface area contributed by atoms with Gasteiger partial charge in [0, 0.05) is 5.56 Å². The molecule has 0 saturated carbocycles. The lowest BCUT2D eigenvalue weighted by molar-refractivity contribution is 0.462. The van der Waals surface area contributed by atoms with Gasteiger partial charge in [-0.3, -0.25) is 5.10 Å². The monoisotopic (exact) mass is 254 g/mol. The van der Waals surface area contributed by atoms with Crippen molar-refractivity contribution < 1.29 is 10.2 Å². The second kappa shape index (κ2) is 4.02. The molecule has 1 aromatic heterocycles. The van der Waals surface area contributed by atoms with Crippen molar-refractivity contribution in [2.24, 2.45) is 0 Å². The van der Waals surface area contributed by atoms with Crippen molar-refractivity contribution in [2.45, 2.75) is 13.8 Å². The Labute approximate surface area is 110 Å². The molecular weight excluding hydrogens is 240 g/mol. The molecule has 2 aromatic carbocycles. The molecule has 0 aliphatic carbocycles. The van der Waals surface area contributed by atoms with E-state index in [-0.39, 0.29) is 11.5 Å². The zero-order valence-electron chi connectivity index (χ0n) is 10.7. The van der Waals surface area contributed by atoms with Crippen LogP contribution in [0.4, 0.5) is 0 Å². The highest BCUT2D eigenvalue weighted by Crippen LogP contribution is 2.41. The summed E-state index contributed by atoms with van der Waals surface area (Å²) in [6.45, 7) is 3.55. The van der Waals surface area contributed by atoms with Crippen LogP contribution in [0.2, 0.25) is 0 Å². The Bertz CT molecular complexity index is 761. The molecule has 0 unspecified atom stereocenters. The second-order valence-corrected chi connectivity index (χ2v) is 4.64. The zero-order chi connectivity index (χ0) is 13.6. The standard InChI is InChI=1S/C15H14N2O2/c1-8-9(2)15(19)13-11(14(8)18)12(16-17-13)10-6-4-3-5-7-10/h3-7,18-19H,1-2H3,(H,16,17). The molecular formula is C15H14N2O2. The van der Waals surface area contributed by atoms with E-state index in [1.165, 1.54) is 0 Å². The van der Waals surface area contributed by atoms with Gasteiger partial charge in [-0.2, -0.15) is 5.10 Å². The fraction of sp³-hybridized carbons (Fsp3) is 0.133. The predicted molar refractivity (Wildman–Crippen MR) is 74.3 cm³/mol. The van der Waals surface area contributed by atoms with Gasteiger partial charge in [-0.15, -0.1) is 0 Å². The summed E-state index contributed by atoms with van der Waals surface area (Å²) < 4.78 is 0. The lowest BCUT2D eigenvalue weighted by Crippen LogP contribution is -1.86. The van der Waals surface area contributed by atoms with Gasteiger partial charge in [0.15, 0.2) is 0 Å². The molecule has 96 valence electrons. The van der Waals surface area contributed by atoms with Crippen LogP contribution in [0.1, 0.15) is 11.1 Å². The first kappa shape index (κ1) is 11.6. The SMILES string of the molecule is Cc1c(C)c(O)c2c(-c3ccccc3)n[nH]c2c1O. The lowest BCUT2D eigenvalue weighted by Gasteiger charge is -2.08. The number of aromatic nitrogens is 2. The molecule has 0 saturated heterocycles. The van der Waals surface area contributed by atoms with E-state index in [1.54, 1.807) is 13.8 Å². The Kier molecular flexibility index (Phi) is 2.45. The first-order valence-corrected chi connectivity index (χ1v) is 6.06. The molecule has 0 spiro atoms. The number of rotatable bonds is 1. The van der Waals surface area contributed by atoms with E-state index in [1.807, 2.05) is 30.3 Å². The van der Waals surface area contributed by atoms with Gasteiger partial charge in [0.25, 0.3) is 0 Å². The minimum absolute atomic E-state index is 0.139. The predicted octanol–water partition coefficient (Wildman–Crippen LogP) is 3.26. The van der Waals surface area contributed by atoms with Crippen LogP contribution in [0, 0.1) is 13.8 Å². The highest BCUT2D eigenvalue weighted by Gasteiger charge is 2.19. The molecule has 3 aromatic rings. The molecule has 0 fully saturated rings. The third-order valence-electron chi connectivity index (χ3n) is 3.56. The number of benzene rings is 2. The van der Waals surface area contributed by atoms with Crippen molar-refractivity contribution in [3.63, 3.8) is 0 Å². The van der Waals surface area contributed by atoms with E-state index in [9.17, 15) is 10.2 Å². The number of fused-ring (bicyclic) bond motifs is 1. The second-order valence-electron chi connectivity index (χ2n) is 4.64. The van der Waals surface area contributed by atoms with Gasteiger partial charge in [-0.25, -0.2) is 0 Å². The van der Waals surface area contributed by atoms with Crippen LogP contribution in [-0.4, -0.2) is 20.4 Å². The summed E-state index contributed by atoms with van der Waals surface area (Å²) >= 11 is 0. The molecule has 0 amide bonds. The summed E-state index contributed by atoms with van der Waals surface area (Å²) in [4.78, 5) is 0. The number of hydrogen-bond acceptors (Lipinski definition) is 3. The van der Waals surface area contributed by atoms with E-state index in [2.05, 4.69) is 10.2 Å². The van der Waals surface area contributed by atoms with Gasteiger partial charge in [0.05, 0.1) is 5.39 Å². The number of hydrogen-bond donors (Lipinski definition) is 3. The summed E-state index contributed by atoms with van der Waals surface area (Å²) in [6.07, 6.45) is 0. The van der Waals surface area contributed by atoms with Crippen molar-refractivity contribution in [3.05, 3.63) is 41.5 Å².